The number of terminal acetylenes is 1. The van der Waals surface area contributed by atoms with Gasteiger partial charge in [-0.1, -0.05) is 5.92 Å². The van der Waals surface area contributed by atoms with Crippen LogP contribution >= 0.6 is 11.8 Å². The first-order chi connectivity index (χ1) is 5.69. The van der Waals surface area contributed by atoms with Crippen molar-refractivity contribution in [2.45, 2.75) is 11.8 Å². The molecule has 2 heteroatoms. The molecule has 0 N–H and O–H groups in total. The second-order valence-corrected chi connectivity index (χ2v) is 3.29. The van der Waals surface area contributed by atoms with E-state index in [4.69, 9.17) is 6.42 Å². The highest BCUT2D eigenvalue weighted by Crippen LogP contribution is 2.22. The third-order valence-corrected chi connectivity index (χ3v) is 2.52. The van der Waals surface area contributed by atoms with Crippen LogP contribution in [-0.2, 0) is 0 Å². The lowest BCUT2D eigenvalue weighted by atomic mass is 10.1. The monoisotopic (exact) mass is 180 g/mol. The Balaban J connectivity index is 3.30. The second kappa shape index (κ2) is 3.64. The molecule has 0 bridgehead atoms. The molecule has 0 spiro atoms. The van der Waals surface area contributed by atoms with Crippen LogP contribution in [0.1, 0.15) is 11.1 Å². The smallest absolute Gasteiger partial charge is 0.139 e. The molecule has 1 rings (SSSR count). The van der Waals surface area contributed by atoms with Crippen LogP contribution in [0.3, 0.4) is 0 Å². The van der Waals surface area contributed by atoms with E-state index in [0.717, 1.165) is 10.5 Å². The molecule has 0 atom stereocenters. The third kappa shape index (κ3) is 1.62. The quantitative estimate of drug-likeness (QED) is 0.473. The van der Waals surface area contributed by atoms with Gasteiger partial charge in [0.2, 0.25) is 0 Å². The van der Waals surface area contributed by atoms with Crippen molar-refractivity contribution in [1.82, 2.24) is 0 Å². The van der Waals surface area contributed by atoms with E-state index in [-0.39, 0.29) is 5.82 Å². The Hall–Kier alpha value is -0.940. The molecule has 0 nitrogen and oxygen atoms in total. The van der Waals surface area contributed by atoms with Crippen LogP contribution in [0, 0.1) is 25.1 Å². The summed E-state index contributed by atoms with van der Waals surface area (Å²) in [5.74, 6) is 2.00. The van der Waals surface area contributed by atoms with E-state index >= 15 is 0 Å². The SMILES string of the molecule is C#Cc1cc(SC)c(C)cc1F. The number of hydrogen-bond acceptors (Lipinski definition) is 1. The first-order valence-corrected chi connectivity index (χ1v) is 4.72. The minimum atomic E-state index is -0.312. The van der Waals surface area contributed by atoms with Gasteiger partial charge in [-0.2, -0.15) is 0 Å². The molecule has 0 aliphatic carbocycles. The van der Waals surface area contributed by atoms with Crippen molar-refractivity contribution in [1.29, 1.82) is 0 Å². The minimum absolute atomic E-state index is 0.312. The molecular weight excluding hydrogens is 171 g/mol. The van der Waals surface area contributed by atoms with Gasteiger partial charge in [-0.3, -0.25) is 0 Å². The number of hydrogen-bond donors (Lipinski definition) is 0. The fourth-order valence-corrected chi connectivity index (χ4v) is 1.60. The lowest BCUT2D eigenvalue weighted by Crippen LogP contribution is -1.87. The van der Waals surface area contributed by atoms with Crippen LogP contribution < -0.4 is 0 Å². The maximum absolute atomic E-state index is 13.0. The third-order valence-electron chi connectivity index (χ3n) is 1.64. The summed E-state index contributed by atoms with van der Waals surface area (Å²) >= 11 is 1.57. The van der Waals surface area contributed by atoms with E-state index in [0.29, 0.717) is 5.56 Å². The summed E-state index contributed by atoms with van der Waals surface area (Å²) in [5, 5.41) is 0. The van der Waals surface area contributed by atoms with Gasteiger partial charge < -0.3 is 0 Å². The molecule has 62 valence electrons. The van der Waals surface area contributed by atoms with Crippen LogP contribution in [-0.4, -0.2) is 6.26 Å². The molecule has 0 aliphatic rings. The van der Waals surface area contributed by atoms with E-state index in [1.807, 2.05) is 13.2 Å². The molecule has 0 aliphatic heterocycles. The zero-order valence-electron chi connectivity index (χ0n) is 7.02. The van der Waals surface area contributed by atoms with Crippen molar-refractivity contribution in [2.24, 2.45) is 0 Å². The molecule has 12 heavy (non-hydrogen) atoms. The summed E-state index contributed by atoms with van der Waals surface area (Å²) < 4.78 is 13.0. The Morgan fingerprint density at radius 2 is 2.17 bits per heavy atom. The number of benzene rings is 1. The minimum Gasteiger partial charge on any atom is -0.206 e. The van der Waals surface area contributed by atoms with Gasteiger partial charge in [0.1, 0.15) is 5.82 Å². The lowest BCUT2D eigenvalue weighted by molar-refractivity contribution is 0.621. The van der Waals surface area contributed by atoms with E-state index in [9.17, 15) is 4.39 Å². The molecule has 0 heterocycles. The van der Waals surface area contributed by atoms with Crippen molar-refractivity contribution >= 4 is 11.8 Å². The average molecular weight is 180 g/mol. The van der Waals surface area contributed by atoms with Crippen molar-refractivity contribution in [3.63, 3.8) is 0 Å². The summed E-state index contributed by atoms with van der Waals surface area (Å²) in [7, 11) is 0. The second-order valence-electron chi connectivity index (χ2n) is 2.45. The number of thioether (sulfide) groups is 1. The Kier molecular flexibility index (Phi) is 2.78. The normalized spacial score (nSPS) is 9.50. The van der Waals surface area contributed by atoms with E-state index in [1.54, 1.807) is 17.8 Å². The van der Waals surface area contributed by atoms with Crippen LogP contribution in [0.15, 0.2) is 17.0 Å². The van der Waals surface area contributed by atoms with Gasteiger partial charge in [0.25, 0.3) is 0 Å². The average Bonchev–Trinajstić information content (AvgIpc) is 2.05. The van der Waals surface area contributed by atoms with E-state index in [1.165, 1.54) is 6.07 Å². The first-order valence-electron chi connectivity index (χ1n) is 3.49. The molecule has 0 radical (unpaired) electrons. The molecule has 1 aromatic rings. The molecule has 1 aromatic carbocycles. The first kappa shape index (κ1) is 9.15. The lowest BCUT2D eigenvalue weighted by Gasteiger charge is -2.03. The maximum Gasteiger partial charge on any atom is 0.139 e. The fraction of sp³-hybridized carbons (Fsp3) is 0.200. The largest absolute Gasteiger partial charge is 0.206 e. The predicted octanol–water partition coefficient (Wildman–Crippen LogP) is 2.84. The van der Waals surface area contributed by atoms with Gasteiger partial charge in [-0.15, -0.1) is 18.2 Å². The summed E-state index contributed by atoms with van der Waals surface area (Å²) in [4.78, 5) is 1.03. The van der Waals surface area contributed by atoms with Crippen LogP contribution in [0.25, 0.3) is 0 Å². The standard InChI is InChI=1S/C10H9FS/c1-4-8-6-10(12-3)7(2)5-9(8)11/h1,5-6H,2-3H3. The van der Waals surface area contributed by atoms with Gasteiger partial charge in [-0.05, 0) is 30.9 Å². The highest BCUT2D eigenvalue weighted by Gasteiger charge is 2.03. The molecule has 0 fully saturated rings. The number of rotatable bonds is 1. The van der Waals surface area contributed by atoms with Gasteiger partial charge in [-0.25, -0.2) is 4.39 Å². The van der Waals surface area contributed by atoms with Crippen molar-refractivity contribution in [3.8, 4) is 12.3 Å². The zero-order chi connectivity index (χ0) is 9.14. The number of aryl methyl sites for hydroxylation is 1. The molecular formula is C10H9FS. The summed E-state index contributed by atoms with van der Waals surface area (Å²) in [6, 6.07) is 3.18. The Bertz CT molecular complexity index is 336. The Morgan fingerprint density at radius 3 is 2.67 bits per heavy atom. The van der Waals surface area contributed by atoms with E-state index in [2.05, 4.69) is 5.92 Å². The molecule has 0 aromatic heterocycles. The van der Waals surface area contributed by atoms with Gasteiger partial charge in [0.15, 0.2) is 0 Å². The zero-order valence-corrected chi connectivity index (χ0v) is 7.83. The highest BCUT2D eigenvalue weighted by molar-refractivity contribution is 7.98. The molecule has 0 saturated carbocycles. The van der Waals surface area contributed by atoms with Crippen molar-refractivity contribution in [3.05, 3.63) is 29.1 Å². The fourth-order valence-electron chi connectivity index (χ4n) is 0.983. The molecule has 0 unspecified atom stereocenters. The Labute approximate surface area is 76.2 Å². The van der Waals surface area contributed by atoms with Gasteiger partial charge >= 0.3 is 0 Å². The van der Waals surface area contributed by atoms with Crippen LogP contribution in [0.5, 0.6) is 0 Å². The number of halogens is 1. The van der Waals surface area contributed by atoms with Crippen LogP contribution in [0.4, 0.5) is 4.39 Å². The van der Waals surface area contributed by atoms with Gasteiger partial charge in [0.05, 0.1) is 5.56 Å². The highest BCUT2D eigenvalue weighted by atomic mass is 32.2. The topological polar surface area (TPSA) is 0 Å². The summed E-state index contributed by atoms with van der Waals surface area (Å²) in [6.45, 7) is 1.87. The summed E-state index contributed by atoms with van der Waals surface area (Å²) in [5.41, 5.74) is 1.27. The van der Waals surface area contributed by atoms with Crippen molar-refractivity contribution < 1.29 is 4.39 Å². The molecule has 0 amide bonds. The van der Waals surface area contributed by atoms with Crippen LogP contribution in [0.2, 0.25) is 0 Å². The van der Waals surface area contributed by atoms with Crippen molar-refractivity contribution in [2.75, 3.05) is 6.26 Å². The van der Waals surface area contributed by atoms with Gasteiger partial charge in [0, 0.05) is 4.90 Å². The predicted molar refractivity (Wildman–Crippen MR) is 50.9 cm³/mol. The van der Waals surface area contributed by atoms with E-state index < -0.39 is 0 Å². The maximum atomic E-state index is 13.0. The Morgan fingerprint density at radius 1 is 1.50 bits per heavy atom. The molecule has 0 saturated heterocycles. The summed E-state index contributed by atoms with van der Waals surface area (Å²) in [6.07, 6.45) is 7.07.